The molecular formula is C13H19N4O2+. The van der Waals surface area contributed by atoms with E-state index in [1.807, 2.05) is 0 Å². The van der Waals surface area contributed by atoms with Gasteiger partial charge in [0.2, 0.25) is 0 Å². The van der Waals surface area contributed by atoms with Crippen molar-refractivity contribution in [3.8, 4) is 6.07 Å². The summed E-state index contributed by atoms with van der Waals surface area (Å²) in [5.41, 5.74) is 1.65. The van der Waals surface area contributed by atoms with Gasteiger partial charge in [-0.05, 0) is 13.0 Å². The molecule has 1 saturated heterocycles. The van der Waals surface area contributed by atoms with Crippen LogP contribution in [0.4, 0.5) is 0 Å². The number of aromatic amines is 1. The maximum Gasteiger partial charge on any atom is 0.268 e. The number of nitriles is 1. The highest BCUT2D eigenvalue weighted by molar-refractivity contribution is 5.93. The van der Waals surface area contributed by atoms with Crippen LogP contribution in [0.5, 0.6) is 0 Å². The van der Waals surface area contributed by atoms with Crippen LogP contribution in [0.1, 0.15) is 28.2 Å². The molecule has 0 spiro atoms. The third-order valence-corrected chi connectivity index (χ3v) is 3.53. The highest BCUT2D eigenvalue weighted by Gasteiger charge is 2.29. The van der Waals surface area contributed by atoms with Gasteiger partial charge in [0, 0.05) is 19.2 Å². The number of nitrogens with two attached hydrogens (primary N) is 1. The number of carbonyl (C=O) groups is 1. The minimum atomic E-state index is -0.182. The van der Waals surface area contributed by atoms with Gasteiger partial charge in [-0.25, -0.2) is 0 Å². The number of rotatable bonds is 3. The summed E-state index contributed by atoms with van der Waals surface area (Å²) < 4.78 is 5.38. The van der Waals surface area contributed by atoms with E-state index in [1.165, 1.54) is 0 Å². The number of nitrogens with zero attached hydrogens (tertiary/aromatic N) is 1. The Bertz CT molecular complexity index is 503. The fourth-order valence-electron chi connectivity index (χ4n) is 2.40. The smallest absolute Gasteiger partial charge is 0.268 e. The van der Waals surface area contributed by atoms with E-state index in [4.69, 9.17) is 10.00 Å². The highest BCUT2D eigenvalue weighted by Crippen LogP contribution is 2.10. The van der Waals surface area contributed by atoms with Crippen LogP contribution in [0.25, 0.3) is 0 Å². The van der Waals surface area contributed by atoms with Crippen molar-refractivity contribution >= 4 is 5.91 Å². The van der Waals surface area contributed by atoms with E-state index >= 15 is 0 Å². The van der Waals surface area contributed by atoms with Gasteiger partial charge in [-0.3, -0.25) is 4.79 Å². The van der Waals surface area contributed by atoms with Crippen molar-refractivity contribution in [2.24, 2.45) is 0 Å². The minimum absolute atomic E-state index is 0.0247. The summed E-state index contributed by atoms with van der Waals surface area (Å²) in [5.74, 6) is -0.182. The molecular weight excluding hydrogens is 244 g/mol. The molecule has 0 unspecified atom stereocenters. The summed E-state index contributed by atoms with van der Waals surface area (Å²) in [6.45, 7) is 3.62. The number of hydrogen-bond donors (Lipinski definition) is 3. The largest absolute Gasteiger partial charge is 0.373 e. The first-order valence-electron chi connectivity index (χ1n) is 6.40. The Hall–Kier alpha value is -1.84. The van der Waals surface area contributed by atoms with E-state index in [9.17, 15) is 4.79 Å². The Balaban J connectivity index is 2.05. The van der Waals surface area contributed by atoms with Crippen molar-refractivity contribution in [1.82, 2.24) is 10.3 Å². The average molecular weight is 263 g/mol. The molecule has 102 valence electrons. The molecule has 1 aliphatic rings. The molecule has 1 aromatic heterocycles. The molecule has 2 rings (SSSR count). The first-order chi connectivity index (χ1) is 9.15. The topological polar surface area (TPSA) is 94.5 Å². The molecule has 6 nitrogen and oxygen atoms in total. The number of aromatic nitrogens is 1. The van der Waals surface area contributed by atoms with Crippen LogP contribution in [0.15, 0.2) is 6.07 Å². The molecule has 2 heterocycles. The molecule has 1 fully saturated rings. The highest BCUT2D eigenvalue weighted by atomic mass is 16.5. The molecule has 1 amide bonds. The van der Waals surface area contributed by atoms with Crippen LogP contribution in [-0.4, -0.2) is 43.2 Å². The van der Waals surface area contributed by atoms with Gasteiger partial charge in [-0.15, -0.1) is 0 Å². The van der Waals surface area contributed by atoms with Gasteiger partial charge in [0.05, 0.1) is 18.2 Å². The van der Waals surface area contributed by atoms with E-state index < -0.39 is 0 Å². The predicted octanol–water partition coefficient (Wildman–Crippen LogP) is -0.725. The third kappa shape index (κ3) is 2.95. The maximum absolute atomic E-state index is 12.1. The second kappa shape index (κ2) is 5.87. The Kier molecular flexibility index (Phi) is 4.20. The van der Waals surface area contributed by atoms with Gasteiger partial charge in [-0.1, -0.05) is 0 Å². The normalized spacial score (nSPS) is 22.8. The zero-order valence-electron chi connectivity index (χ0n) is 11.2. The second-order valence-corrected chi connectivity index (χ2v) is 4.79. The number of ether oxygens (including phenoxy) is 1. The van der Waals surface area contributed by atoms with Crippen LogP contribution in [0, 0.1) is 18.3 Å². The third-order valence-electron chi connectivity index (χ3n) is 3.53. The van der Waals surface area contributed by atoms with Crippen LogP contribution in [0.2, 0.25) is 0 Å². The van der Waals surface area contributed by atoms with E-state index in [1.54, 1.807) is 20.1 Å². The average Bonchev–Trinajstić information content (AvgIpc) is 2.80. The Morgan fingerprint density at radius 2 is 2.47 bits per heavy atom. The number of amides is 1. The number of H-pyrrole nitrogens is 1. The van der Waals surface area contributed by atoms with Crippen LogP contribution in [-0.2, 0) is 4.74 Å². The summed E-state index contributed by atoms with van der Waals surface area (Å²) in [5, 5.41) is 14.0. The lowest BCUT2D eigenvalue weighted by atomic mass is 10.0. The van der Waals surface area contributed by atoms with Gasteiger partial charge in [-0.2, -0.15) is 5.26 Å². The molecule has 19 heavy (non-hydrogen) atoms. The molecule has 0 bridgehead atoms. The first kappa shape index (κ1) is 13.6. The maximum atomic E-state index is 12.1. The Morgan fingerprint density at radius 1 is 1.68 bits per heavy atom. The van der Waals surface area contributed by atoms with Crippen LogP contribution in [0.3, 0.4) is 0 Å². The molecule has 6 heteroatoms. The lowest BCUT2D eigenvalue weighted by Crippen LogP contribution is -2.90. The van der Waals surface area contributed by atoms with Gasteiger partial charge >= 0.3 is 0 Å². The summed E-state index contributed by atoms with van der Waals surface area (Å²) in [7, 11) is 1.66. The van der Waals surface area contributed by atoms with Crippen molar-refractivity contribution in [1.29, 1.82) is 5.26 Å². The zero-order chi connectivity index (χ0) is 13.8. The molecule has 2 atom stereocenters. The van der Waals surface area contributed by atoms with Gasteiger partial charge in [0.25, 0.3) is 5.91 Å². The standard InChI is InChI=1S/C13H18N4O2/c1-8-9(6-14)5-11(16-8)13(18)17-10-3-4-15-7-12(10)19-2/h5,10,12,15-16H,3-4,7H2,1-2H3,(H,17,18)/p+1/t10-,12+/m1/s1. The molecule has 0 aromatic carbocycles. The van der Waals surface area contributed by atoms with Crippen molar-refractivity contribution in [3.05, 3.63) is 23.0 Å². The van der Waals surface area contributed by atoms with Crippen LogP contribution >= 0.6 is 0 Å². The molecule has 1 aliphatic heterocycles. The van der Waals surface area contributed by atoms with E-state index in [0.717, 1.165) is 19.5 Å². The predicted molar refractivity (Wildman–Crippen MR) is 68.6 cm³/mol. The number of piperidine rings is 1. The van der Waals surface area contributed by atoms with Crippen molar-refractivity contribution < 1.29 is 14.8 Å². The quantitative estimate of drug-likeness (QED) is 0.671. The van der Waals surface area contributed by atoms with Crippen molar-refractivity contribution in [2.45, 2.75) is 25.5 Å². The zero-order valence-corrected chi connectivity index (χ0v) is 11.2. The van der Waals surface area contributed by atoms with Gasteiger partial charge < -0.3 is 20.4 Å². The number of hydrogen-bond acceptors (Lipinski definition) is 3. The molecule has 4 N–H and O–H groups in total. The summed E-state index contributed by atoms with van der Waals surface area (Å²) in [6.07, 6.45) is 0.916. The number of methoxy groups -OCH3 is 1. The van der Waals surface area contributed by atoms with Crippen LogP contribution < -0.4 is 10.6 Å². The van der Waals surface area contributed by atoms with E-state index in [-0.39, 0.29) is 18.1 Å². The summed E-state index contributed by atoms with van der Waals surface area (Å²) in [6, 6.07) is 3.66. The Labute approximate surface area is 112 Å². The Morgan fingerprint density at radius 3 is 3.11 bits per heavy atom. The minimum Gasteiger partial charge on any atom is -0.373 e. The fraction of sp³-hybridized carbons (Fsp3) is 0.538. The number of quaternary nitrogens is 1. The lowest BCUT2D eigenvalue weighted by Gasteiger charge is -2.29. The molecule has 0 aliphatic carbocycles. The monoisotopic (exact) mass is 263 g/mol. The van der Waals surface area contributed by atoms with E-state index in [0.29, 0.717) is 17.0 Å². The number of aryl methyl sites for hydroxylation is 1. The summed E-state index contributed by atoms with van der Waals surface area (Å²) >= 11 is 0. The van der Waals surface area contributed by atoms with E-state index in [2.05, 4.69) is 21.7 Å². The SMILES string of the molecule is CO[C@H]1C[NH2+]CC[C@H]1NC(=O)c1cc(C#N)c(C)[nH]1. The van der Waals surface area contributed by atoms with Gasteiger partial charge in [0.15, 0.2) is 0 Å². The van der Waals surface area contributed by atoms with Crippen molar-refractivity contribution in [3.63, 3.8) is 0 Å². The molecule has 0 radical (unpaired) electrons. The lowest BCUT2D eigenvalue weighted by molar-refractivity contribution is -0.670. The number of carbonyl (C=O) groups excluding carboxylic acids is 1. The van der Waals surface area contributed by atoms with Crippen molar-refractivity contribution in [2.75, 3.05) is 20.2 Å². The second-order valence-electron chi connectivity index (χ2n) is 4.79. The molecule has 0 saturated carbocycles. The molecule has 1 aromatic rings. The number of nitrogens with one attached hydrogen (secondary N) is 2. The first-order valence-corrected chi connectivity index (χ1v) is 6.40. The van der Waals surface area contributed by atoms with Gasteiger partial charge in [0.1, 0.15) is 24.4 Å². The summed E-state index contributed by atoms with van der Waals surface area (Å²) in [4.78, 5) is 15.1. The fourth-order valence-corrected chi connectivity index (χ4v) is 2.40.